The molecule has 0 aliphatic rings. The molecule has 2 heterocycles. The maximum atomic E-state index is 12.0. The van der Waals surface area contributed by atoms with E-state index in [4.69, 9.17) is 13.9 Å². The second-order valence-corrected chi connectivity index (χ2v) is 4.57. The molecule has 0 spiro atoms. The Hall–Kier alpha value is -3.02. The number of hydrogen-bond acceptors (Lipinski definition) is 5. The quantitative estimate of drug-likeness (QED) is 0.752. The van der Waals surface area contributed by atoms with Gasteiger partial charge in [0.2, 0.25) is 0 Å². The van der Waals surface area contributed by atoms with Crippen LogP contribution in [0.2, 0.25) is 0 Å². The standard InChI is InChI=1S/C16H13NO5/c1-20-15(18)10-6-5-9-11(16(19)21-2)8-17-14(9)13(10)12-4-3-7-22-12/h3-8,17H,1-2H3. The van der Waals surface area contributed by atoms with Gasteiger partial charge in [-0.25, -0.2) is 9.59 Å². The van der Waals surface area contributed by atoms with Crippen molar-refractivity contribution in [3.8, 4) is 11.3 Å². The highest BCUT2D eigenvalue weighted by Crippen LogP contribution is 2.34. The number of aromatic amines is 1. The molecule has 0 unspecified atom stereocenters. The Labute approximate surface area is 125 Å². The summed E-state index contributed by atoms with van der Waals surface area (Å²) in [6, 6.07) is 6.74. The first-order valence-corrected chi connectivity index (χ1v) is 6.52. The molecule has 112 valence electrons. The average molecular weight is 299 g/mol. The van der Waals surface area contributed by atoms with Crippen LogP contribution in [0.15, 0.2) is 41.1 Å². The van der Waals surface area contributed by atoms with Crippen LogP contribution >= 0.6 is 0 Å². The highest BCUT2D eigenvalue weighted by Gasteiger charge is 2.22. The first kappa shape index (κ1) is 13.9. The Morgan fingerprint density at radius 3 is 2.41 bits per heavy atom. The van der Waals surface area contributed by atoms with Crippen LogP contribution in [0.5, 0.6) is 0 Å². The highest BCUT2D eigenvalue weighted by atomic mass is 16.5. The molecule has 6 nitrogen and oxygen atoms in total. The van der Waals surface area contributed by atoms with Gasteiger partial charge in [-0.15, -0.1) is 0 Å². The smallest absolute Gasteiger partial charge is 0.340 e. The van der Waals surface area contributed by atoms with Gasteiger partial charge in [0, 0.05) is 11.6 Å². The predicted octanol–water partition coefficient (Wildman–Crippen LogP) is 3.00. The van der Waals surface area contributed by atoms with Gasteiger partial charge in [-0.3, -0.25) is 0 Å². The summed E-state index contributed by atoms with van der Waals surface area (Å²) in [5.74, 6) is -0.436. The fraction of sp³-hybridized carbons (Fsp3) is 0.125. The van der Waals surface area contributed by atoms with E-state index in [2.05, 4.69) is 4.98 Å². The number of esters is 2. The van der Waals surface area contributed by atoms with Crippen molar-refractivity contribution in [3.05, 3.63) is 47.9 Å². The molecule has 3 rings (SSSR count). The van der Waals surface area contributed by atoms with Gasteiger partial charge in [-0.05, 0) is 18.2 Å². The van der Waals surface area contributed by atoms with Crippen molar-refractivity contribution < 1.29 is 23.5 Å². The largest absolute Gasteiger partial charge is 0.465 e. The Balaban J connectivity index is 2.33. The predicted molar refractivity (Wildman–Crippen MR) is 78.7 cm³/mol. The van der Waals surface area contributed by atoms with E-state index in [1.807, 2.05) is 0 Å². The van der Waals surface area contributed by atoms with Crippen LogP contribution in [0.25, 0.3) is 22.2 Å². The summed E-state index contributed by atoms with van der Waals surface area (Å²) >= 11 is 0. The van der Waals surface area contributed by atoms with Crippen molar-refractivity contribution in [2.75, 3.05) is 14.2 Å². The van der Waals surface area contributed by atoms with E-state index < -0.39 is 11.9 Å². The lowest BCUT2D eigenvalue weighted by molar-refractivity contribution is 0.0594. The first-order valence-electron chi connectivity index (χ1n) is 6.52. The minimum absolute atomic E-state index is 0.350. The topological polar surface area (TPSA) is 81.5 Å². The van der Waals surface area contributed by atoms with Crippen molar-refractivity contribution in [1.29, 1.82) is 0 Å². The molecule has 0 aliphatic carbocycles. The van der Waals surface area contributed by atoms with E-state index >= 15 is 0 Å². The molecular formula is C16H13NO5. The molecule has 0 amide bonds. The fourth-order valence-corrected chi connectivity index (χ4v) is 2.43. The number of H-pyrrole nitrogens is 1. The van der Waals surface area contributed by atoms with E-state index in [1.54, 1.807) is 30.5 Å². The SMILES string of the molecule is COC(=O)c1ccc2c(C(=O)OC)c[nH]c2c1-c1ccco1. The molecule has 0 aliphatic heterocycles. The zero-order valence-electron chi connectivity index (χ0n) is 12.0. The lowest BCUT2D eigenvalue weighted by Crippen LogP contribution is -2.04. The third-order valence-electron chi connectivity index (χ3n) is 3.43. The number of methoxy groups -OCH3 is 2. The molecule has 0 radical (unpaired) electrons. The molecule has 6 heteroatoms. The number of nitrogens with one attached hydrogen (secondary N) is 1. The van der Waals surface area contributed by atoms with Crippen molar-refractivity contribution in [3.63, 3.8) is 0 Å². The Morgan fingerprint density at radius 1 is 1.05 bits per heavy atom. The van der Waals surface area contributed by atoms with Crippen LogP contribution in [0, 0.1) is 0 Å². The highest BCUT2D eigenvalue weighted by molar-refractivity contribution is 6.12. The monoisotopic (exact) mass is 299 g/mol. The van der Waals surface area contributed by atoms with E-state index in [0.717, 1.165) is 0 Å². The molecule has 0 atom stereocenters. The summed E-state index contributed by atoms with van der Waals surface area (Å²) < 4.78 is 15.0. The van der Waals surface area contributed by atoms with E-state index in [1.165, 1.54) is 20.5 Å². The third-order valence-corrected chi connectivity index (χ3v) is 3.43. The molecule has 1 aromatic carbocycles. The van der Waals surface area contributed by atoms with Crippen molar-refractivity contribution in [1.82, 2.24) is 4.98 Å². The lowest BCUT2D eigenvalue weighted by atomic mass is 10.0. The molecule has 3 aromatic rings. The minimum Gasteiger partial charge on any atom is -0.465 e. The summed E-state index contributed by atoms with van der Waals surface area (Å²) in [5.41, 5.74) is 1.90. The number of rotatable bonds is 3. The Kier molecular flexibility index (Phi) is 3.42. The van der Waals surface area contributed by atoms with Gasteiger partial charge in [0.15, 0.2) is 0 Å². The summed E-state index contributed by atoms with van der Waals surface area (Å²) in [6.07, 6.45) is 3.06. The van der Waals surface area contributed by atoms with Gasteiger partial charge in [0.25, 0.3) is 0 Å². The number of fused-ring (bicyclic) bond motifs is 1. The van der Waals surface area contributed by atoms with Crippen molar-refractivity contribution in [2.45, 2.75) is 0 Å². The van der Waals surface area contributed by atoms with E-state index in [-0.39, 0.29) is 0 Å². The summed E-state index contributed by atoms with van der Waals surface area (Å²) in [4.78, 5) is 26.8. The van der Waals surface area contributed by atoms with E-state index in [9.17, 15) is 9.59 Å². The molecular weight excluding hydrogens is 286 g/mol. The number of furan rings is 1. The number of carbonyl (C=O) groups excluding carboxylic acids is 2. The van der Waals surface area contributed by atoms with Crippen LogP contribution in [0.4, 0.5) is 0 Å². The number of ether oxygens (including phenoxy) is 2. The molecule has 0 fully saturated rings. The molecule has 0 saturated carbocycles. The summed E-state index contributed by atoms with van der Waals surface area (Å²) in [5, 5.41) is 0.644. The van der Waals surface area contributed by atoms with Crippen LogP contribution in [-0.2, 0) is 9.47 Å². The van der Waals surface area contributed by atoms with E-state index in [0.29, 0.717) is 33.4 Å². The van der Waals surface area contributed by atoms with Gasteiger partial charge in [0.05, 0.1) is 42.7 Å². The number of benzene rings is 1. The summed E-state index contributed by atoms with van der Waals surface area (Å²) in [7, 11) is 2.63. The third kappa shape index (κ3) is 2.05. The minimum atomic E-state index is -0.484. The maximum Gasteiger partial charge on any atom is 0.340 e. The van der Waals surface area contributed by atoms with Gasteiger partial charge >= 0.3 is 11.9 Å². The van der Waals surface area contributed by atoms with Crippen molar-refractivity contribution >= 4 is 22.8 Å². The van der Waals surface area contributed by atoms with Crippen LogP contribution < -0.4 is 0 Å². The molecule has 0 bridgehead atoms. The maximum absolute atomic E-state index is 12.0. The van der Waals surface area contributed by atoms with Crippen molar-refractivity contribution in [2.24, 2.45) is 0 Å². The fourth-order valence-electron chi connectivity index (χ4n) is 2.43. The molecule has 22 heavy (non-hydrogen) atoms. The second kappa shape index (κ2) is 5.40. The Morgan fingerprint density at radius 2 is 1.77 bits per heavy atom. The van der Waals surface area contributed by atoms with Crippen LogP contribution in [0.3, 0.4) is 0 Å². The second-order valence-electron chi connectivity index (χ2n) is 4.57. The normalized spacial score (nSPS) is 10.6. The Bertz CT molecular complexity index is 845. The number of aromatic nitrogens is 1. The van der Waals surface area contributed by atoms with Gasteiger partial charge in [0.1, 0.15) is 5.76 Å². The average Bonchev–Trinajstić information content (AvgIpc) is 3.21. The van der Waals surface area contributed by atoms with Gasteiger partial charge in [-0.2, -0.15) is 0 Å². The zero-order chi connectivity index (χ0) is 15.7. The van der Waals surface area contributed by atoms with Gasteiger partial charge < -0.3 is 18.9 Å². The zero-order valence-corrected chi connectivity index (χ0v) is 12.0. The number of carbonyl (C=O) groups is 2. The summed E-state index contributed by atoms with van der Waals surface area (Å²) in [6.45, 7) is 0. The lowest BCUT2D eigenvalue weighted by Gasteiger charge is -2.07. The molecule has 0 saturated heterocycles. The number of hydrogen-bond donors (Lipinski definition) is 1. The molecule has 1 N–H and O–H groups in total. The van der Waals surface area contributed by atoms with Crippen LogP contribution in [-0.4, -0.2) is 31.1 Å². The molecule has 2 aromatic heterocycles. The van der Waals surface area contributed by atoms with Crippen LogP contribution in [0.1, 0.15) is 20.7 Å². The van der Waals surface area contributed by atoms with Gasteiger partial charge in [-0.1, -0.05) is 6.07 Å². The first-order chi connectivity index (χ1) is 10.7.